The number of ether oxygens (including phenoxy) is 2. The van der Waals surface area contributed by atoms with E-state index in [4.69, 9.17) is 14.6 Å². The molecular formula is C18H23NO5. The zero-order valence-corrected chi connectivity index (χ0v) is 14.2. The first-order valence-electron chi connectivity index (χ1n) is 8.25. The second-order valence-corrected chi connectivity index (χ2v) is 7.27. The second kappa shape index (κ2) is 6.09. The molecule has 0 radical (unpaired) electrons. The average Bonchev–Trinajstić information content (AvgIpc) is 3.02. The van der Waals surface area contributed by atoms with Crippen LogP contribution in [0.3, 0.4) is 0 Å². The maximum Gasteiger partial charge on any atom is 0.332 e. The van der Waals surface area contributed by atoms with Gasteiger partial charge in [-0.3, -0.25) is 4.79 Å². The van der Waals surface area contributed by atoms with Crippen LogP contribution >= 0.6 is 0 Å². The van der Waals surface area contributed by atoms with Gasteiger partial charge >= 0.3 is 5.97 Å². The highest BCUT2D eigenvalue weighted by Gasteiger charge is 2.39. The number of amides is 1. The highest BCUT2D eigenvalue weighted by atomic mass is 16.5. The fraction of sp³-hybridized carbons (Fsp3) is 0.556. The molecule has 130 valence electrons. The third-order valence-corrected chi connectivity index (χ3v) is 4.49. The van der Waals surface area contributed by atoms with Gasteiger partial charge in [0.05, 0.1) is 12.2 Å². The smallest absolute Gasteiger partial charge is 0.332 e. The van der Waals surface area contributed by atoms with Crippen molar-refractivity contribution in [2.75, 3.05) is 18.1 Å². The van der Waals surface area contributed by atoms with Gasteiger partial charge in [0.1, 0.15) is 18.5 Å². The Hall–Kier alpha value is -2.08. The standard InChI is InChI=1S/C18H23NO5/c1-18(2,3)11-5-4-6-12-15(11)23-10-9-19(12)16(20)13-7-8-14(24-13)17(21)22/h4-6,13-14H,7-10H2,1-3H3,(H,21,22)/t13-,14+/m0/s1. The molecule has 24 heavy (non-hydrogen) atoms. The van der Waals surface area contributed by atoms with Gasteiger partial charge in [-0.05, 0) is 24.3 Å². The summed E-state index contributed by atoms with van der Waals surface area (Å²) >= 11 is 0. The number of rotatable bonds is 2. The van der Waals surface area contributed by atoms with Crippen LogP contribution in [0.4, 0.5) is 5.69 Å². The van der Waals surface area contributed by atoms with Gasteiger partial charge in [-0.1, -0.05) is 32.9 Å². The maximum atomic E-state index is 12.8. The fourth-order valence-corrected chi connectivity index (χ4v) is 3.24. The molecule has 0 unspecified atom stereocenters. The molecule has 2 atom stereocenters. The lowest BCUT2D eigenvalue weighted by Crippen LogP contribution is -2.44. The number of anilines is 1. The molecule has 2 aliphatic heterocycles. The molecular weight excluding hydrogens is 310 g/mol. The summed E-state index contributed by atoms with van der Waals surface area (Å²) in [6.07, 6.45) is -0.789. The van der Waals surface area contributed by atoms with Gasteiger partial charge in [-0.25, -0.2) is 4.79 Å². The lowest BCUT2D eigenvalue weighted by Gasteiger charge is -2.34. The van der Waals surface area contributed by atoms with Crippen molar-refractivity contribution in [2.45, 2.75) is 51.2 Å². The average molecular weight is 333 g/mol. The highest BCUT2D eigenvalue weighted by molar-refractivity contribution is 5.99. The van der Waals surface area contributed by atoms with Gasteiger partial charge < -0.3 is 19.5 Å². The van der Waals surface area contributed by atoms with Crippen molar-refractivity contribution in [3.05, 3.63) is 23.8 Å². The number of carboxylic acids is 1. The predicted octanol–water partition coefficient (Wildman–Crippen LogP) is 2.34. The molecule has 1 amide bonds. The molecule has 3 rings (SSSR count). The molecule has 1 aromatic rings. The lowest BCUT2D eigenvalue weighted by molar-refractivity contribution is -0.151. The van der Waals surface area contributed by atoms with Gasteiger partial charge in [0, 0.05) is 5.56 Å². The molecule has 2 aliphatic rings. The Bertz CT molecular complexity index is 664. The van der Waals surface area contributed by atoms with Crippen LogP contribution in [-0.4, -0.2) is 42.3 Å². The van der Waals surface area contributed by atoms with Crippen LogP contribution in [-0.2, 0) is 19.7 Å². The topological polar surface area (TPSA) is 76.1 Å². The van der Waals surface area contributed by atoms with E-state index in [0.29, 0.717) is 26.0 Å². The second-order valence-electron chi connectivity index (χ2n) is 7.27. The lowest BCUT2D eigenvalue weighted by atomic mass is 9.85. The van der Waals surface area contributed by atoms with Crippen molar-refractivity contribution >= 4 is 17.6 Å². The normalized spacial score (nSPS) is 23.5. The number of benzene rings is 1. The van der Waals surface area contributed by atoms with Crippen molar-refractivity contribution in [1.82, 2.24) is 0 Å². The van der Waals surface area contributed by atoms with Gasteiger partial charge in [0.2, 0.25) is 0 Å². The number of fused-ring (bicyclic) bond motifs is 1. The van der Waals surface area contributed by atoms with Crippen LogP contribution in [0, 0.1) is 0 Å². The zero-order valence-electron chi connectivity index (χ0n) is 14.2. The van der Waals surface area contributed by atoms with Crippen LogP contribution in [0.1, 0.15) is 39.2 Å². The van der Waals surface area contributed by atoms with E-state index in [2.05, 4.69) is 20.8 Å². The minimum atomic E-state index is -1.01. The summed E-state index contributed by atoms with van der Waals surface area (Å²) in [6.45, 7) is 7.16. The van der Waals surface area contributed by atoms with Crippen LogP contribution in [0.5, 0.6) is 5.75 Å². The Morgan fingerprint density at radius 1 is 1.21 bits per heavy atom. The first kappa shape index (κ1) is 16.8. The van der Waals surface area contributed by atoms with E-state index in [-0.39, 0.29) is 11.3 Å². The van der Waals surface area contributed by atoms with E-state index in [1.807, 2.05) is 18.2 Å². The summed E-state index contributed by atoms with van der Waals surface area (Å²) in [5.41, 5.74) is 1.68. The maximum absolute atomic E-state index is 12.8. The quantitative estimate of drug-likeness (QED) is 0.899. The van der Waals surface area contributed by atoms with Gasteiger partial charge in [0.15, 0.2) is 6.10 Å². The van der Waals surface area contributed by atoms with Crippen LogP contribution in [0.25, 0.3) is 0 Å². The monoisotopic (exact) mass is 333 g/mol. The third kappa shape index (κ3) is 2.98. The van der Waals surface area contributed by atoms with Crippen molar-refractivity contribution in [3.8, 4) is 5.75 Å². The van der Waals surface area contributed by atoms with Crippen LogP contribution in [0.2, 0.25) is 0 Å². The van der Waals surface area contributed by atoms with Gasteiger partial charge in [0.25, 0.3) is 5.91 Å². The van der Waals surface area contributed by atoms with Crippen LogP contribution < -0.4 is 9.64 Å². The number of carboxylic acid groups (broad SMARTS) is 1. The summed E-state index contributed by atoms with van der Waals surface area (Å²) in [7, 11) is 0. The van der Waals surface area contributed by atoms with E-state index in [1.54, 1.807) is 4.90 Å². The Kier molecular flexibility index (Phi) is 4.25. The van der Waals surface area contributed by atoms with E-state index in [9.17, 15) is 9.59 Å². The molecule has 1 saturated heterocycles. The van der Waals surface area contributed by atoms with Crippen molar-refractivity contribution in [1.29, 1.82) is 0 Å². The third-order valence-electron chi connectivity index (χ3n) is 4.49. The fourth-order valence-electron chi connectivity index (χ4n) is 3.24. The zero-order chi connectivity index (χ0) is 17.5. The van der Waals surface area contributed by atoms with Crippen molar-refractivity contribution in [2.24, 2.45) is 0 Å². The number of carbonyl (C=O) groups is 2. The number of carbonyl (C=O) groups excluding carboxylic acids is 1. The molecule has 6 nitrogen and oxygen atoms in total. The molecule has 0 saturated carbocycles. The molecule has 0 spiro atoms. The Balaban J connectivity index is 1.88. The molecule has 1 fully saturated rings. The minimum absolute atomic E-state index is 0.102. The molecule has 2 heterocycles. The minimum Gasteiger partial charge on any atom is -0.489 e. The molecule has 1 aromatic carbocycles. The molecule has 6 heteroatoms. The summed E-state index contributed by atoms with van der Waals surface area (Å²) in [5.74, 6) is -0.463. The van der Waals surface area contributed by atoms with E-state index < -0.39 is 18.2 Å². The number of nitrogens with zero attached hydrogens (tertiary/aromatic N) is 1. The largest absolute Gasteiger partial charge is 0.489 e. The molecule has 0 aliphatic carbocycles. The predicted molar refractivity (Wildman–Crippen MR) is 88.5 cm³/mol. The first-order valence-corrected chi connectivity index (χ1v) is 8.25. The summed E-state index contributed by atoms with van der Waals surface area (Å²) in [5, 5.41) is 9.04. The Morgan fingerprint density at radius 2 is 1.92 bits per heavy atom. The van der Waals surface area contributed by atoms with Gasteiger partial charge in [-0.2, -0.15) is 0 Å². The number of hydrogen-bond acceptors (Lipinski definition) is 4. The van der Waals surface area contributed by atoms with E-state index in [1.165, 1.54) is 0 Å². The summed E-state index contributed by atoms with van der Waals surface area (Å²) in [6, 6.07) is 5.80. The Labute approximate surface area is 141 Å². The molecule has 0 aromatic heterocycles. The first-order chi connectivity index (χ1) is 11.3. The molecule has 1 N–H and O–H groups in total. The van der Waals surface area contributed by atoms with E-state index in [0.717, 1.165) is 17.0 Å². The number of para-hydroxylation sites is 1. The van der Waals surface area contributed by atoms with Gasteiger partial charge in [-0.15, -0.1) is 0 Å². The highest BCUT2D eigenvalue weighted by Crippen LogP contribution is 2.41. The van der Waals surface area contributed by atoms with Crippen LogP contribution in [0.15, 0.2) is 18.2 Å². The Morgan fingerprint density at radius 3 is 2.54 bits per heavy atom. The molecule has 0 bridgehead atoms. The van der Waals surface area contributed by atoms with Crippen molar-refractivity contribution in [3.63, 3.8) is 0 Å². The number of aliphatic carboxylic acids is 1. The van der Waals surface area contributed by atoms with Crippen molar-refractivity contribution < 1.29 is 24.2 Å². The van der Waals surface area contributed by atoms with E-state index >= 15 is 0 Å². The summed E-state index contributed by atoms with van der Waals surface area (Å²) < 4.78 is 11.3. The number of hydrogen-bond donors (Lipinski definition) is 1. The summed E-state index contributed by atoms with van der Waals surface area (Å²) in [4.78, 5) is 25.5. The SMILES string of the molecule is CC(C)(C)c1cccc2c1OCCN2C(=O)[C@@H]1CC[C@H](C(=O)O)O1.